The maximum Gasteiger partial charge on any atom is 0.256 e. The highest BCUT2D eigenvalue weighted by Crippen LogP contribution is 2.45. The van der Waals surface area contributed by atoms with Gasteiger partial charge < -0.3 is 14.9 Å². The molecule has 1 aliphatic rings. The largest absolute Gasteiger partial charge is 0.394 e. The Hall–Kier alpha value is -1.06. The van der Waals surface area contributed by atoms with Crippen LogP contribution in [0.5, 0.6) is 0 Å². The molecule has 2 aromatic heterocycles. The number of aliphatic hydroxyl groups excluding tert-OH is 2. The minimum absolute atomic E-state index is 0.102. The zero-order valence-corrected chi connectivity index (χ0v) is 11.3. The van der Waals surface area contributed by atoms with E-state index in [4.69, 9.17) is 33.0 Å². The summed E-state index contributed by atoms with van der Waals surface area (Å²) in [6.07, 6.45) is -1.80. The molecule has 0 unspecified atom stereocenters. The highest BCUT2D eigenvalue weighted by Gasteiger charge is 2.57. The number of nitrogens with zero attached hydrogens (tertiary/aromatic N) is 4. The second-order valence-electron chi connectivity index (χ2n) is 4.32. The van der Waals surface area contributed by atoms with Gasteiger partial charge in [-0.25, -0.2) is 19.3 Å². The molecule has 0 saturated carbocycles. The zero-order chi connectivity index (χ0) is 14.5. The van der Waals surface area contributed by atoms with E-state index in [-0.39, 0.29) is 16.3 Å². The van der Waals surface area contributed by atoms with Crippen molar-refractivity contribution in [3.63, 3.8) is 0 Å². The number of imidazole rings is 1. The van der Waals surface area contributed by atoms with Crippen molar-refractivity contribution in [1.29, 1.82) is 0 Å². The summed E-state index contributed by atoms with van der Waals surface area (Å²) >= 11 is 11.6. The van der Waals surface area contributed by atoms with E-state index in [1.54, 1.807) is 0 Å². The lowest BCUT2D eigenvalue weighted by atomic mass is 10.1. The summed E-state index contributed by atoms with van der Waals surface area (Å²) in [5.74, 6) is 0. The molecule has 0 amide bonds. The van der Waals surface area contributed by atoms with Crippen LogP contribution in [0.15, 0.2) is 12.7 Å². The van der Waals surface area contributed by atoms with E-state index in [1.807, 2.05) is 0 Å². The van der Waals surface area contributed by atoms with Crippen LogP contribution < -0.4 is 0 Å². The van der Waals surface area contributed by atoms with Crippen molar-refractivity contribution in [1.82, 2.24) is 19.5 Å². The SMILES string of the molecule is OC[C@H]1O[C@@H](n2cnc3c(Cl)ncnc32)[C@](F)(Cl)[C@@H]1O. The molecule has 0 bridgehead atoms. The lowest BCUT2D eigenvalue weighted by molar-refractivity contribution is -0.0482. The molecule has 2 aromatic rings. The average molecular weight is 323 g/mol. The molecular weight excluding hydrogens is 314 g/mol. The fourth-order valence-electron chi connectivity index (χ4n) is 2.11. The highest BCUT2D eigenvalue weighted by atomic mass is 35.5. The van der Waals surface area contributed by atoms with Crippen LogP contribution in [0.1, 0.15) is 6.23 Å². The monoisotopic (exact) mass is 322 g/mol. The third-order valence-corrected chi connectivity index (χ3v) is 3.81. The number of rotatable bonds is 2. The van der Waals surface area contributed by atoms with Crippen molar-refractivity contribution in [2.45, 2.75) is 23.6 Å². The van der Waals surface area contributed by atoms with Crippen molar-refractivity contribution in [3.05, 3.63) is 17.8 Å². The molecule has 1 aliphatic heterocycles. The molecule has 3 heterocycles. The quantitative estimate of drug-likeness (QED) is 0.622. The van der Waals surface area contributed by atoms with Crippen LogP contribution in [0, 0.1) is 0 Å². The summed E-state index contributed by atoms with van der Waals surface area (Å²) in [4.78, 5) is 11.7. The number of alkyl halides is 2. The summed E-state index contributed by atoms with van der Waals surface area (Å²) in [5, 5.41) is 16.3. The minimum Gasteiger partial charge on any atom is -0.394 e. The maximum atomic E-state index is 14.5. The summed E-state index contributed by atoms with van der Waals surface area (Å²) < 4.78 is 20.9. The second-order valence-corrected chi connectivity index (χ2v) is 5.25. The lowest BCUT2D eigenvalue weighted by Gasteiger charge is -2.22. The molecule has 7 nitrogen and oxygen atoms in total. The van der Waals surface area contributed by atoms with E-state index in [1.165, 1.54) is 17.2 Å². The number of halogens is 3. The van der Waals surface area contributed by atoms with Gasteiger partial charge in [-0.3, -0.25) is 4.57 Å². The fourth-order valence-corrected chi connectivity index (χ4v) is 2.59. The van der Waals surface area contributed by atoms with Gasteiger partial charge in [-0.2, -0.15) is 0 Å². The molecule has 10 heteroatoms. The van der Waals surface area contributed by atoms with E-state index in [0.29, 0.717) is 0 Å². The third kappa shape index (κ3) is 1.87. The molecule has 108 valence electrons. The van der Waals surface area contributed by atoms with Gasteiger partial charge in [0.25, 0.3) is 5.13 Å². The molecule has 0 radical (unpaired) electrons. The van der Waals surface area contributed by atoms with Crippen molar-refractivity contribution in [2.75, 3.05) is 6.61 Å². The first-order valence-corrected chi connectivity index (χ1v) is 6.37. The Kier molecular flexibility index (Phi) is 3.30. The number of ether oxygens (including phenoxy) is 1. The average Bonchev–Trinajstić information content (AvgIpc) is 2.92. The van der Waals surface area contributed by atoms with Gasteiger partial charge in [0, 0.05) is 0 Å². The van der Waals surface area contributed by atoms with Gasteiger partial charge in [0.05, 0.1) is 12.9 Å². The molecule has 0 spiro atoms. The lowest BCUT2D eigenvalue weighted by Crippen LogP contribution is -2.38. The van der Waals surface area contributed by atoms with E-state index in [0.717, 1.165) is 0 Å². The van der Waals surface area contributed by atoms with E-state index in [9.17, 15) is 9.50 Å². The molecule has 1 saturated heterocycles. The predicted molar refractivity (Wildman–Crippen MR) is 67.0 cm³/mol. The first-order chi connectivity index (χ1) is 9.46. The van der Waals surface area contributed by atoms with Gasteiger partial charge in [-0.1, -0.05) is 23.2 Å². The summed E-state index contributed by atoms with van der Waals surface area (Å²) in [7, 11) is 0. The molecule has 0 aromatic carbocycles. The maximum absolute atomic E-state index is 14.5. The molecule has 4 atom stereocenters. The molecule has 20 heavy (non-hydrogen) atoms. The summed E-state index contributed by atoms with van der Waals surface area (Å²) in [6, 6.07) is 0. The molecule has 1 fully saturated rings. The van der Waals surface area contributed by atoms with Gasteiger partial charge in [0.15, 0.2) is 17.0 Å². The van der Waals surface area contributed by atoms with Crippen LogP contribution in [0.2, 0.25) is 5.15 Å². The Morgan fingerprint density at radius 2 is 2.20 bits per heavy atom. The second kappa shape index (κ2) is 4.74. The molecule has 0 aliphatic carbocycles. The topological polar surface area (TPSA) is 93.3 Å². The van der Waals surface area contributed by atoms with Gasteiger partial charge >= 0.3 is 0 Å². The third-order valence-electron chi connectivity index (χ3n) is 3.13. The smallest absolute Gasteiger partial charge is 0.256 e. The van der Waals surface area contributed by atoms with Crippen molar-refractivity contribution >= 4 is 34.4 Å². The first kappa shape index (κ1) is 13.9. The predicted octanol–water partition coefficient (Wildman–Crippen LogP) is 0.635. The Labute approximate surface area is 121 Å². The van der Waals surface area contributed by atoms with Crippen LogP contribution in [0.3, 0.4) is 0 Å². The number of aliphatic hydroxyl groups is 2. The van der Waals surface area contributed by atoms with Crippen LogP contribution in [-0.4, -0.2) is 53.7 Å². The first-order valence-electron chi connectivity index (χ1n) is 5.62. The van der Waals surface area contributed by atoms with E-state index >= 15 is 0 Å². The zero-order valence-electron chi connectivity index (χ0n) is 9.82. The number of hydrogen-bond acceptors (Lipinski definition) is 6. The Morgan fingerprint density at radius 1 is 1.45 bits per heavy atom. The highest BCUT2D eigenvalue weighted by molar-refractivity contribution is 6.33. The number of aromatic nitrogens is 4. The van der Waals surface area contributed by atoms with E-state index < -0.39 is 30.2 Å². The van der Waals surface area contributed by atoms with Crippen LogP contribution in [0.4, 0.5) is 4.39 Å². The number of fused-ring (bicyclic) bond motifs is 1. The van der Waals surface area contributed by atoms with Gasteiger partial charge in [-0.15, -0.1) is 0 Å². The van der Waals surface area contributed by atoms with Gasteiger partial charge in [0.2, 0.25) is 0 Å². The summed E-state index contributed by atoms with van der Waals surface area (Å²) in [5.41, 5.74) is 0.468. The van der Waals surface area contributed by atoms with Gasteiger partial charge in [0.1, 0.15) is 24.1 Å². The van der Waals surface area contributed by atoms with E-state index in [2.05, 4.69) is 15.0 Å². The standard InChI is InChI=1S/C10H9Cl2FN4O3/c11-7-5-8(15-2-14-7)17(3-16-5)9-10(12,13)6(19)4(1-18)20-9/h2-4,6,9,18-19H,1H2/t4-,6-,9-,10+/m1/s1. The Balaban J connectivity index is 2.10. The Bertz CT molecular complexity index is 652. The summed E-state index contributed by atoms with van der Waals surface area (Å²) in [6.45, 7) is -0.571. The van der Waals surface area contributed by atoms with Crippen LogP contribution in [-0.2, 0) is 4.74 Å². The van der Waals surface area contributed by atoms with Crippen LogP contribution in [0.25, 0.3) is 11.2 Å². The van der Waals surface area contributed by atoms with Crippen molar-refractivity contribution in [3.8, 4) is 0 Å². The fraction of sp³-hybridized carbons (Fsp3) is 0.500. The number of hydrogen-bond donors (Lipinski definition) is 2. The normalized spacial score (nSPS) is 34.0. The molecule has 3 rings (SSSR count). The van der Waals surface area contributed by atoms with Crippen molar-refractivity contribution < 1.29 is 19.3 Å². The molecule has 2 N–H and O–H groups in total. The Morgan fingerprint density at radius 3 is 2.85 bits per heavy atom. The van der Waals surface area contributed by atoms with Crippen molar-refractivity contribution in [2.24, 2.45) is 0 Å². The van der Waals surface area contributed by atoms with Crippen LogP contribution >= 0.6 is 23.2 Å². The minimum atomic E-state index is -2.63. The van der Waals surface area contributed by atoms with Gasteiger partial charge in [-0.05, 0) is 0 Å². The molecular formula is C10H9Cl2FN4O3.